The molecular weight excluding hydrogens is 268 g/mol. The van der Waals surface area contributed by atoms with Gasteiger partial charge >= 0.3 is 5.97 Å². The third-order valence-electron chi connectivity index (χ3n) is 3.67. The van der Waals surface area contributed by atoms with Crippen molar-refractivity contribution >= 4 is 11.8 Å². The lowest BCUT2D eigenvalue weighted by Gasteiger charge is -2.34. The second-order valence-electron chi connectivity index (χ2n) is 5.77. The Morgan fingerprint density at radius 1 is 1.52 bits per heavy atom. The van der Waals surface area contributed by atoms with E-state index in [2.05, 4.69) is 34.0 Å². The van der Waals surface area contributed by atoms with E-state index in [0.717, 1.165) is 31.9 Å². The van der Waals surface area contributed by atoms with Crippen LogP contribution in [0.2, 0.25) is 0 Å². The first-order chi connectivity index (χ1) is 10.1. The van der Waals surface area contributed by atoms with Crippen molar-refractivity contribution in [3.8, 4) is 0 Å². The van der Waals surface area contributed by atoms with Gasteiger partial charge in [-0.25, -0.2) is 9.78 Å². The van der Waals surface area contributed by atoms with Crippen LogP contribution in [0.25, 0.3) is 0 Å². The van der Waals surface area contributed by atoms with Crippen molar-refractivity contribution in [1.29, 1.82) is 0 Å². The van der Waals surface area contributed by atoms with E-state index in [1.165, 1.54) is 19.7 Å². The van der Waals surface area contributed by atoms with E-state index >= 15 is 0 Å². The summed E-state index contributed by atoms with van der Waals surface area (Å²) in [6, 6.07) is 0.503. The molecule has 1 saturated heterocycles. The second kappa shape index (κ2) is 7.36. The Labute approximate surface area is 125 Å². The molecule has 6 heteroatoms. The highest BCUT2D eigenvalue weighted by atomic mass is 16.5. The van der Waals surface area contributed by atoms with Crippen LogP contribution in [-0.4, -0.2) is 48.7 Å². The lowest BCUT2D eigenvalue weighted by Crippen LogP contribution is -2.41. The van der Waals surface area contributed by atoms with Crippen LogP contribution in [0, 0.1) is 5.92 Å². The van der Waals surface area contributed by atoms with Crippen molar-refractivity contribution in [3.63, 3.8) is 0 Å². The van der Waals surface area contributed by atoms with Crippen LogP contribution in [0.1, 0.15) is 37.2 Å². The zero-order chi connectivity index (χ0) is 15.2. The predicted octanol–water partition coefficient (Wildman–Crippen LogP) is 1.48. The predicted molar refractivity (Wildman–Crippen MR) is 81.4 cm³/mol. The summed E-state index contributed by atoms with van der Waals surface area (Å²) in [6.45, 7) is 7.23. The molecule has 1 aliphatic heterocycles. The second-order valence-corrected chi connectivity index (χ2v) is 5.77. The highest BCUT2D eigenvalue weighted by Gasteiger charge is 2.22. The van der Waals surface area contributed by atoms with Crippen LogP contribution >= 0.6 is 0 Å². The van der Waals surface area contributed by atoms with Gasteiger partial charge in [0.05, 0.1) is 19.5 Å². The molecule has 0 aliphatic carbocycles. The zero-order valence-electron chi connectivity index (χ0n) is 13.0. The number of hydrogen-bond donors (Lipinski definition) is 1. The number of hydrogen-bond acceptors (Lipinski definition) is 6. The highest BCUT2D eigenvalue weighted by molar-refractivity contribution is 5.87. The molecule has 0 radical (unpaired) electrons. The molecule has 1 atom stereocenters. The standard InChI is InChI=1S/C15H24N4O2/c1-11(2)17-7-12-5-4-6-19(10-12)14-9-16-8-13(18-14)15(20)21-3/h8-9,11-12,17H,4-7,10H2,1-3H3. The van der Waals surface area contributed by atoms with Gasteiger partial charge in [-0.05, 0) is 25.3 Å². The summed E-state index contributed by atoms with van der Waals surface area (Å²) in [5, 5.41) is 3.49. The van der Waals surface area contributed by atoms with Crippen molar-refractivity contribution in [2.75, 3.05) is 31.6 Å². The first kappa shape index (κ1) is 15.7. The molecule has 1 aromatic rings. The average Bonchev–Trinajstić information content (AvgIpc) is 2.52. The fourth-order valence-corrected chi connectivity index (χ4v) is 2.55. The maximum Gasteiger partial charge on any atom is 0.358 e. The Hall–Kier alpha value is -1.69. The molecule has 0 amide bonds. The molecule has 116 valence electrons. The smallest absolute Gasteiger partial charge is 0.358 e. The Balaban J connectivity index is 2.02. The number of rotatable bonds is 5. The maximum atomic E-state index is 11.5. The lowest BCUT2D eigenvalue weighted by molar-refractivity contribution is 0.0593. The first-order valence-corrected chi connectivity index (χ1v) is 7.49. The largest absolute Gasteiger partial charge is 0.464 e. The van der Waals surface area contributed by atoms with Crippen molar-refractivity contribution in [1.82, 2.24) is 15.3 Å². The van der Waals surface area contributed by atoms with Crippen LogP contribution < -0.4 is 10.2 Å². The number of nitrogens with zero attached hydrogens (tertiary/aromatic N) is 3. The van der Waals surface area contributed by atoms with Gasteiger partial charge in [0.25, 0.3) is 0 Å². The van der Waals surface area contributed by atoms with Gasteiger partial charge in [0.1, 0.15) is 5.82 Å². The first-order valence-electron chi connectivity index (χ1n) is 7.49. The van der Waals surface area contributed by atoms with E-state index in [0.29, 0.717) is 12.0 Å². The molecule has 1 unspecified atom stereocenters. The van der Waals surface area contributed by atoms with Gasteiger partial charge < -0.3 is 15.0 Å². The molecule has 0 saturated carbocycles. The molecule has 0 aromatic carbocycles. The molecule has 1 aliphatic rings. The molecule has 21 heavy (non-hydrogen) atoms. The number of methoxy groups -OCH3 is 1. The summed E-state index contributed by atoms with van der Waals surface area (Å²) in [7, 11) is 1.35. The molecule has 2 rings (SSSR count). The van der Waals surface area contributed by atoms with Gasteiger partial charge in [-0.3, -0.25) is 4.98 Å². The van der Waals surface area contributed by atoms with Crippen molar-refractivity contribution in [3.05, 3.63) is 18.1 Å². The van der Waals surface area contributed by atoms with E-state index in [1.54, 1.807) is 6.20 Å². The summed E-state index contributed by atoms with van der Waals surface area (Å²) < 4.78 is 4.69. The Morgan fingerprint density at radius 3 is 3.05 bits per heavy atom. The maximum absolute atomic E-state index is 11.5. The quantitative estimate of drug-likeness (QED) is 0.829. The minimum Gasteiger partial charge on any atom is -0.464 e. The molecule has 0 spiro atoms. The van der Waals surface area contributed by atoms with Gasteiger partial charge in [0.15, 0.2) is 5.69 Å². The highest BCUT2D eigenvalue weighted by Crippen LogP contribution is 2.21. The van der Waals surface area contributed by atoms with Gasteiger partial charge in [0.2, 0.25) is 0 Å². The van der Waals surface area contributed by atoms with E-state index in [-0.39, 0.29) is 5.69 Å². The molecule has 0 bridgehead atoms. The number of carbonyl (C=O) groups is 1. The summed E-state index contributed by atoms with van der Waals surface area (Å²) in [5.41, 5.74) is 0.262. The fraction of sp³-hybridized carbons (Fsp3) is 0.667. The minimum absolute atomic E-state index is 0.262. The topological polar surface area (TPSA) is 67.3 Å². The van der Waals surface area contributed by atoms with Crippen LogP contribution in [0.4, 0.5) is 5.82 Å². The third kappa shape index (κ3) is 4.39. The fourth-order valence-electron chi connectivity index (χ4n) is 2.55. The Bertz CT molecular complexity index is 478. The van der Waals surface area contributed by atoms with Crippen LogP contribution in [-0.2, 0) is 4.74 Å². The number of anilines is 1. The van der Waals surface area contributed by atoms with Crippen molar-refractivity contribution < 1.29 is 9.53 Å². The molecular formula is C15H24N4O2. The van der Waals surface area contributed by atoms with E-state index in [9.17, 15) is 4.79 Å². The molecule has 6 nitrogen and oxygen atoms in total. The third-order valence-corrected chi connectivity index (χ3v) is 3.67. The van der Waals surface area contributed by atoms with Crippen LogP contribution in [0.3, 0.4) is 0 Å². The van der Waals surface area contributed by atoms with E-state index in [1.807, 2.05) is 0 Å². The average molecular weight is 292 g/mol. The molecule has 1 fully saturated rings. The monoisotopic (exact) mass is 292 g/mol. The minimum atomic E-state index is -0.445. The molecule has 2 heterocycles. The number of carbonyl (C=O) groups excluding carboxylic acids is 1. The summed E-state index contributed by atoms with van der Waals surface area (Å²) in [5.74, 6) is 0.913. The van der Waals surface area contributed by atoms with Crippen molar-refractivity contribution in [2.24, 2.45) is 5.92 Å². The van der Waals surface area contributed by atoms with Gasteiger partial charge in [-0.15, -0.1) is 0 Å². The van der Waals surface area contributed by atoms with E-state index < -0.39 is 5.97 Å². The summed E-state index contributed by atoms with van der Waals surface area (Å²) in [6.07, 6.45) is 5.51. The molecule has 1 aromatic heterocycles. The number of ether oxygens (including phenoxy) is 1. The van der Waals surface area contributed by atoms with Crippen molar-refractivity contribution in [2.45, 2.75) is 32.7 Å². The normalized spacial score (nSPS) is 18.9. The van der Waals surface area contributed by atoms with Gasteiger partial charge in [0, 0.05) is 19.1 Å². The SMILES string of the molecule is COC(=O)c1cncc(N2CCCC(CNC(C)C)C2)n1. The van der Waals surface area contributed by atoms with Crippen LogP contribution in [0.5, 0.6) is 0 Å². The van der Waals surface area contributed by atoms with E-state index in [4.69, 9.17) is 4.74 Å². The number of piperidine rings is 1. The number of aromatic nitrogens is 2. The summed E-state index contributed by atoms with van der Waals surface area (Å²) >= 11 is 0. The van der Waals surface area contributed by atoms with Crippen LogP contribution in [0.15, 0.2) is 12.4 Å². The Morgan fingerprint density at radius 2 is 2.33 bits per heavy atom. The lowest BCUT2D eigenvalue weighted by atomic mass is 9.98. The zero-order valence-corrected chi connectivity index (χ0v) is 13.0. The number of nitrogens with one attached hydrogen (secondary N) is 1. The number of esters is 1. The van der Waals surface area contributed by atoms with Gasteiger partial charge in [-0.2, -0.15) is 0 Å². The van der Waals surface area contributed by atoms with Gasteiger partial charge in [-0.1, -0.05) is 13.8 Å². The Kier molecular flexibility index (Phi) is 5.50. The molecule has 1 N–H and O–H groups in total. The summed E-state index contributed by atoms with van der Waals surface area (Å²) in [4.78, 5) is 22.2.